The van der Waals surface area contributed by atoms with Crippen LogP contribution in [0.5, 0.6) is 0 Å². The molecule has 0 aliphatic heterocycles. The highest BCUT2D eigenvalue weighted by atomic mass is 32.2. The molecule has 0 N–H and O–H groups in total. The van der Waals surface area contributed by atoms with E-state index in [1.807, 2.05) is 14.0 Å². The molecule has 3 nitrogen and oxygen atoms in total. The zero-order valence-electron chi connectivity index (χ0n) is 9.06. The van der Waals surface area contributed by atoms with Crippen LogP contribution >= 0.6 is 11.8 Å². The summed E-state index contributed by atoms with van der Waals surface area (Å²) >= 11 is 1.74. The quantitative estimate of drug-likeness (QED) is 0.727. The Bertz CT molecular complexity index is 440. The highest BCUT2D eigenvalue weighted by Gasteiger charge is 2.05. The number of hydrogen-bond donors (Lipinski definition) is 0. The molecule has 0 amide bonds. The molecule has 0 radical (unpaired) electrons. The van der Waals surface area contributed by atoms with Gasteiger partial charge in [0.1, 0.15) is 5.82 Å². The number of hydrogen-bond acceptors (Lipinski definition) is 3. The summed E-state index contributed by atoms with van der Waals surface area (Å²) in [6.45, 7) is 1.95. The third-order valence-corrected chi connectivity index (χ3v) is 3.07. The molecule has 1 heterocycles. The van der Waals surface area contributed by atoms with E-state index in [2.05, 4.69) is 40.6 Å². The molecule has 0 unspecified atom stereocenters. The molecule has 0 bridgehead atoms. The smallest absolute Gasteiger partial charge is 0.181 e. The summed E-state index contributed by atoms with van der Waals surface area (Å²) in [6.07, 6.45) is 2.07. The molecular formula is C11H13N3S. The van der Waals surface area contributed by atoms with Gasteiger partial charge in [0.15, 0.2) is 5.82 Å². The van der Waals surface area contributed by atoms with Crippen LogP contribution in [0.25, 0.3) is 11.4 Å². The van der Waals surface area contributed by atoms with Crippen LogP contribution < -0.4 is 0 Å². The fourth-order valence-corrected chi connectivity index (χ4v) is 1.73. The fraction of sp³-hybridized carbons (Fsp3) is 0.273. The molecule has 1 aromatic heterocycles. The van der Waals surface area contributed by atoms with Crippen molar-refractivity contribution in [2.24, 2.45) is 7.05 Å². The van der Waals surface area contributed by atoms with Crippen LogP contribution in [0.4, 0.5) is 0 Å². The van der Waals surface area contributed by atoms with Crippen molar-refractivity contribution in [3.8, 4) is 11.4 Å². The van der Waals surface area contributed by atoms with Gasteiger partial charge in [-0.15, -0.1) is 11.8 Å². The molecule has 4 heteroatoms. The van der Waals surface area contributed by atoms with Gasteiger partial charge in [-0.1, -0.05) is 12.1 Å². The van der Waals surface area contributed by atoms with Gasteiger partial charge in [-0.3, -0.25) is 4.68 Å². The summed E-state index contributed by atoms with van der Waals surface area (Å²) in [5.41, 5.74) is 1.07. The Morgan fingerprint density at radius 2 is 1.87 bits per heavy atom. The zero-order chi connectivity index (χ0) is 10.8. The topological polar surface area (TPSA) is 30.7 Å². The van der Waals surface area contributed by atoms with Crippen LogP contribution in [0.1, 0.15) is 5.82 Å². The maximum Gasteiger partial charge on any atom is 0.181 e. The monoisotopic (exact) mass is 219 g/mol. The second-order valence-corrected chi connectivity index (χ2v) is 4.21. The van der Waals surface area contributed by atoms with E-state index in [0.717, 1.165) is 17.2 Å². The van der Waals surface area contributed by atoms with Crippen LogP contribution in [-0.4, -0.2) is 21.0 Å². The van der Waals surface area contributed by atoms with E-state index in [4.69, 9.17) is 0 Å². The van der Waals surface area contributed by atoms with Crippen molar-refractivity contribution in [1.82, 2.24) is 14.8 Å². The summed E-state index contributed by atoms with van der Waals surface area (Å²) < 4.78 is 1.79. The van der Waals surface area contributed by atoms with Crippen molar-refractivity contribution < 1.29 is 0 Å². The van der Waals surface area contributed by atoms with Gasteiger partial charge in [-0.2, -0.15) is 5.10 Å². The van der Waals surface area contributed by atoms with Crippen LogP contribution in [-0.2, 0) is 7.05 Å². The standard InChI is InChI=1S/C11H13N3S/c1-8-12-11(13-14(8)2)9-4-6-10(15-3)7-5-9/h4-7H,1-3H3. The Balaban J connectivity index is 2.37. The van der Waals surface area contributed by atoms with Gasteiger partial charge in [-0.25, -0.2) is 4.98 Å². The lowest BCUT2D eigenvalue weighted by Crippen LogP contribution is -1.92. The van der Waals surface area contributed by atoms with Gasteiger partial charge in [0.25, 0.3) is 0 Å². The summed E-state index contributed by atoms with van der Waals surface area (Å²) in [5.74, 6) is 1.72. The van der Waals surface area contributed by atoms with Crippen molar-refractivity contribution in [2.75, 3.05) is 6.26 Å². The summed E-state index contributed by atoms with van der Waals surface area (Å²) in [6, 6.07) is 8.29. The minimum Gasteiger partial charge on any atom is -0.253 e. The number of aryl methyl sites for hydroxylation is 2. The first kappa shape index (κ1) is 10.2. The molecule has 78 valence electrons. The van der Waals surface area contributed by atoms with Crippen LogP contribution in [0.3, 0.4) is 0 Å². The second-order valence-electron chi connectivity index (χ2n) is 3.33. The van der Waals surface area contributed by atoms with Crippen molar-refractivity contribution in [3.05, 3.63) is 30.1 Å². The number of thioether (sulfide) groups is 1. The van der Waals surface area contributed by atoms with E-state index < -0.39 is 0 Å². The molecular weight excluding hydrogens is 206 g/mol. The molecule has 2 rings (SSSR count). The number of nitrogens with zero attached hydrogens (tertiary/aromatic N) is 3. The first-order valence-electron chi connectivity index (χ1n) is 4.73. The second kappa shape index (κ2) is 4.06. The molecule has 0 saturated heterocycles. The Morgan fingerprint density at radius 1 is 1.20 bits per heavy atom. The Hall–Kier alpha value is -1.29. The Labute approximate surface area is 93.5 Å². The molecule has 2 aromatic rings. The number of aromatic nitrogens is 3. The molecule has 0 fully saturated rings. The van der Waals surface area contributed by atoms with Gasteiger partial charge < -0.3 is 0 Å². The average molecular weight is 219 g/mol. The van der Waals surface area contributed by atoms with E-state index >= 15 is 0 Å². The average Bonchev–Trinajstić information content (AvgIpc) is 2.59. The predicted octanol–water partition coefficient (Wildman–Crippen LogP) is 2.51. The van der Waals surface area contributed by atoms with Crippen LogP contribution in [0.2, 0.25) is 0 Å². The third kappa shape index (κ3) is 2.04. The van der Waals surface area contributed by atoms with Crippen molar-refractivity contribution in [1.29, 1.82) is 0 Å². The SMILES string of the molecule is CSc1ccc(-c2nc(C)n(C)n2)cc1. The van der Waals surface area contributed by atoms with Crippen molar-refractivity contribution in [3.63, 3.8) is 0 Å². The molecule has 0 aliphatic rings. The van der Waals surface area contributed by atoms with E-state index in [9.17, 15) is 0 Å². The number of benzene rings is 1. The Kier molecular flexibility index (Phi) is 2.77. The molecule has 15 heavy (non-hydrogen) atoms. The third-order valence-electron chi connectivity index (χ3n) is 2.33. The van der Waals surface area contributed by atoms with E-state index in [1.54, 1.807) is 16.4 Å². The lowest BCUT2D eigenvalue weighted by atomic mass is 10.2. The van der Waals surface area contributed by atoms with E-state index in [0.29, 0.717) is 0 Å². The van der Waals surface area contributed by atoms with Gasteiger partial charge in [-0.05, 0) is 25.3 Å². The highest BCUT2D eigenvalue weighted by molar-refractivity contribution is 7.98. The van der Waals surface area contributed by atoms with Crippen molar-refractivity contribution in [2.45, 2.75) is 11.8 Å². The molecule has 0 saturated carbocycles. The van der Waals surface area contributed by atoms with Gasteiger partial charge >= 0.3 is 0 Å². The minimum atomic E-state index is 0.794. The minimum absolute atomic E-state index is 0.794. The van der Waals surface area contributed by atoms with E-state index in [1.165, 1.54) is 4.90 Å². The fourth-order valence-electron chi connectivity index (χ4n) is 1.32. The molecule has 0 spiro atoms. The van der Waals surface area contributed by atoms with Gasteiger partial charge in [0.2, 0.25) is 0 Å². The Morgan fingerprint density at radius 3 is 2.33 bits per heavy atom. The summed E-state index contributed by atoms with van der Waals surface area (Å²) in [7, 11) is 1.90. The first-order valence-corrected chi connectivity index (χ1v) is 5.95. The van der Waals surface area contributed by atoms with E-state index in [-0.39, 0.29) is 0 Å². The van der Waals surface area contributed by atoms with Crippen LogP contribution in [0.15, 0.2) is 29.2 Å². The summed E-state index contributed by atoms with van der Waals surface area (Å²) in [5, 5.41) is 4.33. The molecule has 1 aromatic carbocycles. The van der Waals surface area contributed by atoms with Crippen LogP contribution in [0, 0.1) is 6.92 Å². The molecule has 0 aliphatic carbocycles. The zero-order valence-corrected chi connectivity index (χ0v) is 9.88. The molecule has 0 atom stereocenters. The normalized spacial score (nSPS) is 10.6. The van der Waals surface area contributed by atoms with Crippen molar-refractivity contribution >= 4 is 11.8 Å². The number of rotatable bonds is 2. The lowest BCUT2D eigenvalue weighted by Gasteiger charge is -1.97. The largest absolute Gasteiger partial charge is 0.253 e. The lowest BCUT2D eigenvalue weighted by molar-refractivity contribution is 0.736. The highest BCUT2D eigenvalue weighted by Crippen LogP contribution is 2.20. The summed E-state index contributed by atoms with van der Waals surface area (Å²) in [4.78, 5) is 5.64. The maximum atomic E-state index is 4.38. The first-order chi connectivity index (χ1) is 7.20. The van der Waals surface area contributed by atoms with Gasteiger partial charge in [0.05, 0.1) is 0 Å². The van der Waals surface area contributed by atoms with Gasteiger partial charge in [0, 0.05) is 17.5 Å². The maximum absolute atomic E-state index is 4.38. The predicted molar refractivity (Wildman–Crippen MR) is 63.0 cm³/mol.